The lowest BCUT2D eigenvalue weighted by Crippen LogP contribution is -2.50. The summed E-state index contributed by atoms with van der Waals surface area (Å²) < 4.78 is 8.69. The molecule has 1 aliphatic carbocycles. The van der Waals surface area contributed by atoms with Crippen molar-refractivity contribution in [3.63, 3.8) is 0 Å². The van der Waals surface area contributed by atoms with Crippen molar-refractivity contribution >= 4 is 23.9 Å². The van der Waals surface area contributed by atoms with Crippen LogP contribution in [0.3, 0.4) is 0 Å². The standard InChI is InChI=1S/C8H4O6/c9-5-1-2(6(10)13-5)4-3(1)7(11)14-8(4)12/h1-4H/t1-,2+,3+,4-. The molecule has 3 rings (SSSR count). The van der Waals surface area contributed by atoms with Crippen LogP contribution in [0.15, 0.2) is 0 Å². The van der Waals surface area contributed by atoms with Crippen LogP contribution in [0.4, 0.5) is 0 Å². The van der Waals surface area contributed by atoms with Crippen LogP contribution < -0.4 is 0 Å². The molecular formula is C8H4O6. The van der Waals surface area contributed by atoms with E-state index in [1.807, 2.05) is 0 Å². The molecule has 0 aromatic rings. The first kappa shape index (κ1) is 7.66. The molecule has 3 fully saturated rings. The molecule has 2 heterocycles. The lowest BCUT2D eigenvalue weighted by Gasteiger charge is -2.33. The summed E-state index contributed by atoms with van der Waals surface area (Å²) in [5, 5.41) is 0. The molecule has 3 aliphatic rings. The Morgan fingerprint density at radius 2 is 0.786 bits per heavy atom. The molecule has 0 bridgehead atoms. The highest BCUT2D eigenvalue weighted by Gasteiger charge is 2.72. The van der Waals surface area contributed by atoms with Gasteiger partial charge in [-0.3, -0.25) is 19.2 Å². The third kappa shape index (κ3) is 0.604. The molecule has 0 spiro atoms. The summed E-state index contributed by atoms with van der Waals surface area (Å²) in [5.41, 5.74) is 0. The largest absolute Gasteiger partial charge is 0.393 e. The zero-order valence-corrected chi connectivity index (χ0v) is 6.76. The molecule has 0 radical (unpaired) electrons. The molecule has 14 heavy (non-hydrogen) atoms. The fourth-order valence-corrected chi connectivity index (χ4v) is 2.39. The Bertz CT molecular complexity index is 315. The molecule has 0 N–H and O–H groups in total. The normalized spacial score (nSPS) is 44.0. The number of hydrogen-bond donors (Lipinski definition) is 0. The molecule has 2 saturated heterocycles. The number of carbonyl (C=O) groups excluding carboxylic acids is 4. The molecule has 0 amide bonds. The van der Waals surface area contributed by atoms with Crippen molar-refractivity contribution in [2.24, 2.45) is 23.7 Å². The van der Waals surface area contributed by atoms with Gasteiger partial charge in [-0.15, -0.1) is 0 Å². The fourth-order valence-electron chi connectivity index (χ4n) is 2.39. The van der Waals surface area contributed by atoms with E-state index < -0.39 is 47.5 Å². The Kier molecular flexibility index (Phi) is 1.11. The number of carbonyl (C=O) groups is 4. The lowest BCUT2D eigenvalue weighted by atomic mass is 9.59. The molecule has 0 aromatic carbocycles. The Labute approximate surface area is 77.1 Å². The second-order valence-corrected chi connectivity index (χ2v) is 3.58. The van der Waals surface area contributed by atoms with Crippen molar-refractivity contribution in [2.75, 3.05) is 0 Å². The van der Waals surface area contributed by atoms with Gasteiger partial charge < -0.3 is 9.47 Å². The molecule has 72 valence electrons. The first-order valence-electron chi connectivity index (χ1n) is 4.12. The highest BCUT2D eigenvalue weighted by atomic mass is 16.6. The summed E-state index contributed by atoms with van der Waals surface area (Å²) in [6.07, 6.45) is 0. The maximum Gasteiger partial charge on any atom is 0.318 e. The summed E-state index contributed by atoms with van der Waals surface area (Å²) in [4.78, 5) is 44.3. The topological polar surface area (TPSA) is 86.7 Å². The minimum Gasteiger partial charge on any atom is -0.393 e. The van der Waals surface area contributed by atoms with E-state index in [1.54, 1.807) is 0 Å². The Hall–Kier alpha value is -1.72. The predicted octanol–water partition coefficient (Wildman–Crippen LogP) is -1.37. The lowest BCUT2D eigenvalue weighted by molar-refractivity contribution is -0.158. The van der Waals surface area contributed by atoms with E-state index in [4.69, 9.17) is 0 Å². The summed E-state index contributed by atoms with van der Waals surface area (Å²) in [6, 6.07) is 0. The number of rotatable bonds is 0. The highest BCUT2D eigenvalue weighted by Crippen LogP contribution is 2.54. The van der Waals surface area contributed by atoms with Crippen LogP contribution in [0, 0.1) is 23.7 Å². The van der Waals surface area contributed by atoms with Crippen LogP contribution in [0.25, 0.3) is 0 Å². The molecular weight excluding hydrogens is 192 g/mol. The molecule has 1 saturated carbocycles. The number of cyclic esters (lactones) is 4. The van der Waals surface area contributed by atoms with Gasteiger partial charge in [0, 0.05) is 0 Å². The fraction of sp³-hybridized carbons (Fsp3) is 0.500. The second-order valence-electron chi connectivity index (χ2n) is 3.58. The average molecular weight is 196 g/mol. The Morgan fingerprint density at radius 1 is 0.571 bits per heavy atom. The van der Waals surface area contributed by atoms with Crippen molar-refractivity contribution in [1.82, 2.24) is 0 Å². The van der Waals surface area contributed by atoms with Gasteiger partial charge in [0.2, 0.25) is 0 Å². The van der Waals surface area contributed by atoms with Crippen molar-refractivity contribution in [1.29, 1.82) is 0 Å². The molecule has 0 aromatic heterocycles. The van der Waals surface area contributed by atoms with E-state index in [-0.39, 0.29) is 0 Å². The SMILES string of the molecule is O=C1OC(=O)[C@H]2[C@@H]1[C@@H]1C(=O)OC(=O)[C@@H]12. The zero-order chi connectivity index (χ0) is 10.0. The minimum atomic E-state index is -0.786. The monoisotopic (exact) mass is 196 g/mol. The number of fused-ring (bicyclic) bond motifs is 4. The van der Waals surface area contributed by atoms with Crippen LogP contribution in [0.1, 0.15) is 0 Å². The minimum absolute atomic E-state index is 0.715. The van der Waals surface area contributed by atoms with Crippen LogP contribution >= 0.6 is 0 Å². The van der Waals surface area contributed by atoms with Crippen LogP contribution in [0.2, 0.25) is 0 Å². The summed E-state index contributed by atoms with van der Waals surface area (Å²) in [6.45, 7) is 0. The van der Waals surface area contributed by atoms with E-state index in [1.165, 1.54) is 0 Å². The van der Waals surface area contributed by atoms with Crippen molar-refractivity contribution in [3.05, 3.63) is 0 Å². The van der Waals surface area contributed by atoms with Gasteiger partial charge in [-0.2, -0.15) is 0 Å². The van der Waals surface area contributed by atoms with E-state index in [0.29, 0.717) is 0 Å². The van der Waals surface area contributed by atoms with Gasteiger partial charge in [0.15, 0.2) is 0 Å². The average Bonchev–Trinajstić information content (AvgIpc) is 2.31. The van der Waals surface area contributed by atoms with E-state index in [2.05, 4.69) is 9.47 Å². The Balaban J connectivity index is 2.03. The molecule has 0 unspecified atom stereocenters. The van der Waals surface area contributed by atoms with Gasteiger partial charge in [0.25, 0.3) is 0 Å². The van der Waals surface area contributed by atoms with Crippen molar-refractivity contribution in [3.8, 4) is 0 Å². The summed E-state index contributed by atoms with van der Waals surface area (Å²) in [7, 11) is 0. The van der Waals surface area contributed by atoms with Gasteiger partial charge >= 0.3 is 23.9 Å². The summed E-state index contributed by atoms with van der Waals surface area (Å²) in [5.74, 6) is -6.00. The maximum absolute atomic E-state index is 11.1. The van der Waals surface area contributed by atoms with Gasteiger partial charge in [0.05, 0.1) is 23.7 Å². The molecule has 6 nitrogen and oxygen atoms in total. The van der Waals surface area contributed by atoms with E-state index in [9.17, 15) is 19.2 Å². The quantitative estimate of drug-likeness (QED) is 0.351. The van der Waals surface area contributed by atoms with Gasteiger partial charge in [-0.05, 0) is 0 Å². The summed E-state index contributed by atoms with van der Waals surface area (Å²) >= 11 is 0. The second kappa shape index (κ2) is 2.02. The van der Waals surface area contributed by atoms with Crippen LogP contribution in [0.5, 0.6) is 0 Å². The molecule has 2 aliphatic heterocycles. The third-order valence-corrected chi connectivity index (χ3v) is 3.04. The van der Waals surface area contributed by atoms with E-state index in [0.717, 1.165) is 0 Å². The van der Waals surface area contributed by atoms with Gasteiger partial charge in [-0.1, -0.05) is 0 Å². The maximum atomic E-state index is 11.1. The number of esters is 4. The molecule has 6 heteroatoms. The first-order valence-corrected chi connectivity index (χ1v) is 4.12. The van der Waals surface area contributed by atoms with Crippen molar-refractivity contribution in [2.45, 2.75) is 0 Å². The third-order valence-electron chi connectivity index (χ3n) is 3.04. The zero-order valence-electron chi connectivity index (χ0n) is 6.76. The molecule has 0 atom stereocenters. The first-order chi connectivity index (χ1) is 6.61. The van der Waals surface area contributed by atoms with Crippen LogP contribution in [-0.2, 0) is 28.7 Å². The van der Waals surface area contributed by atoms with E-state index >= 15 is 0 Å². The smallest absolute Gasteiger partial charge is 0.318 e. The van der Waals surface area contributed by atoms with Gasteiger partial charge in [-0.25, -0.2) is 0 Å². The predicted molar refractivity (Wildman–Crippen MR) is 36.2 cm³/mol. The number of hydrogen-bond acceptors (Lipinski definition) is 6. The number of ether oxygens (including phenoxy) is 2. The Morgan fingerprint density at radius 3 is 1.00 bits per heavy atom. The van der Waals surface area contributed by atoms with Crippen molar-refractivity contribution < 1.29 is 28.7 Å². The van der Waals surface area contributed by atoms with Crippen LogP contribution in [-0.4, -0.2) is 23.9 Å². The highest BCUT2D eigenvalue weighted by molar-refractivity contribution is 6.10. The van der Waals surface area contributed by atoms with Gasteiger partial charge in [0.1, 0.15) is 0 Å².